The van der Waals surface area contributed by atoms with Gasteiger partial charge in [-0.05, 0) is 59.2 Å². The summed E-state index contributed by atoms with van der Waals surface area (Å²) in [6.07, 6.45) is 8.27. The number of halogens is 1. The molecule has 0 aliphatic heterocycles. The topological polar surface area (TPSA) is 63.8 Å². The summed E-state index contributed by atoms with van der Waals surface area (Å²) in [7, 11) is 0. The smallest absolute Gasteiger partial charge is 0.337 e. The van der Waals surface area contributed by atoms with Crippen molar-refractivity contribution >= 4 is 27.5 Å². The summed E-state index contributed by atoms with van der Waals surface area (Å²) < 4.78 is 8.39. The Morgan fingerprint density at radius 1 is 1.18 bits per heavy atom. The molecule has 5 nitrogen and oxygen atoms in total. The fourth-order valence-electron chi connectivity index (χ4n) is 3.93. The molecule has 0 radical (unpaired) electrons. The lowest BCUT2D eigenvalue weighted by Crippen LogP contribution is -2.18. The number of carboxylic acids is 1. The second-order valence-electron chi connectivity index (χ2n) is 7.49. The van der Waals surface area contributed by atoms with Crippen LogP contribution in [0.3, 0.4) is 0 Å². The van der Waals surface area contributed by atoms with Gasteiger partial charge in [0.25, 0.3) is 0 Å². The maximum absolute atomic E-state index is 11.3. The Morgan fingerprint density at radius 3 is 2.64 bits per heavy atom. The van der Waals surface area contributed by atoms with E-state index in [1.54, 1.807) is 12.3 Å². The first-order valence-corrected chi connectivity index (χ1v) is 10.4. The van der Waals surface area contributed by atoms with Crippen molar-refractivity contribution in [2.24, 2.45) is 5.92 Å². The van der Waals surface area contributed by atoms with Gasteiger partial charge in [0.1, 0.15) is 5.65 Å². The van der Waals surface area contributed by atoms with Gasteiger partial charge >= 0.3 is 5.97 Å². The number of carboxylic acid groups (broad SMARTS) is 1. The van der Waals surface area contributed by atoms with E-state index in [0.717, 1.165) is 38.0 Å². The Bertz CT molecular complexity index is 963. The zero-order valence-electron chi connectivity index (χ0n) is 15.6. The van der Waals surface area contributed by atoms with E-state index >= 15 is 0 Å². The number of nitrogens with zero attached hydrogens (tertiary/aromatic N) is 2. The van der Waals surface area contributed by atoms with Gasteiger partial charge in [-0.2, -0.15) is 0 Å². The van der Waals surface area contributed by atoms with Crippen LogP contribution in [-0.4, -0.2) is 27.1 Å². The van der Waals surface area contributed by atoms with Crippen LogP contribution in [0.25, 0.3) is 5.65 Å². The molecule has 1 saturated carbocycles. The molecule has 28 heavy (non-hydrogen) atoms. The van der Waals surface area contributed by atoms with Gasteiger partial charge in [0.15, 0.2) is 0 Å². The zero-order valence-corrected chi connectivity index (χ0v) is 17.1. The molecule has 0 unspecified atom stereocenters. The number of aromatic nitrogens is 2. The molecule has 1 aliphatic carbocycles. The molecule has 3 aromatic rings. The maximum atomic E-state index is 11.3. The van der Waals surface area contributed by atoms with Gasteiger partial charge in [-0.1, -0.05) is 30.3 Å². The summed E-state index contributed by atoms with van der Waals surface area (Å²) in [5, 5.41) is 9.27. The summed E-state index contributed by atoms with van der Waals surface area (Å²) in [5.74, 6) is 0.0806. The number of ether oxygens (including phenoxy) is 1. The van der Waals surface area contributed by atoms with Crippen molar-refractivity contribution in [3.05, 3.63) is 70.1 Å². The average molecular weight is 443 g/mol. The van der Waals surface area contributed by atoms with Gasteiger partial charge < -0.3 is 14.2 Å². The Morgan fingerprint density at radius 2 is 1.93 bits per heavy atom. The third-order valence-electron chi connectivity index (χ3n) is 5.52. The number of imidazole rings is 1. The molecule has 0 bridgehead atoms. The van der Waals surface area contributed by atoms with Crippen molar-refractivity contribution in [3.63, 3.8) is 0 Å². The minimum Gasteiger partial charge on any atom is -0.478 e. The van der Waals surface area contributed by atoms with E-state index in [1.807, 2.05) is 28.8 Å². The molecule has 1 N–H and O–H groups in total. The molecule has 0 saturated heterocycles. The van der Waals surface area contributed by atoms with Gasteiger partial charge in [0.2, 0.25) is 0 Å². The van der Waals surface area contributed by atoms with Crippen molar-refractivity contribution in [1.82, 2.24) is 9.38 Å². The zero-order chi connectivity index (χ0) is 19.5. The lowest BCUT2D eigenvalue weighted by molar-refractivity contribution is 0.0695. The standard InChI is InChI=1S/C22H23BrN2O3/c23-19-11-25-12-20(24-21(25)10-18(19)22(26)27)17-8-6-16(7-9-17)14-28-13-15-4-2-1-3-5-15/h1-5,10-12,16-17H,6-9,13-14H2,(H,26,27). The van der Waals surface area contributed by atoms with Crippen molar-refractivity contribution in [1.29, 1.82) is 0 Å². The lowest BCUT2D eigenvalue weighted by Gasteiger charge is -2.27. The normalized spacial score (nSPS) is 19.8. The van der Waals surface area contributed by atoms with Crippen LogP contribution in [0.5, 0.6) is 0 Å². The molecule has 2 heterocycles. The fraction of sp³-hybridized carbons (Fsp3) is 0.364. The first-order chi connectivity index (χ1) is 13.6. The molecular weight excluding hydrogens is 420 g/mol. The Balaban J connectivity index is 1.34. The van der Waals surface area contributed by atoms with Crippen LogP contribution in [0.2, 0.25) is 0 Å². The van der Waals surface area contributed by atoms with Gasteiger partial charge in [-0.15, -0.1) is 0 Å². The van der Waals surface area contributed by atoms with Crippen molar-refractivity contribution in [2.45, 2.75) is 38.2 Å². The van der Waals surface area contributed by atoms with Gasteiger partial charge in [0, 0.05) is 29.4 Å². The van der Waals surface area contributed by atoms with Gasteiger partial charge in [-0.3, -0.25) is 0 Å². The summed E-state index contributed by atoms with van der Waals surface area (Å²) in [6.45, 7) is 1.48. The number of aromatic carboxylic acids is 1. The van der Waals surface area contributed by atoms with Crippen molar-refractivity contribution in [3.8, 4) is 0 Å². The molecular formula is C22H23BrN2O3. The highest BCUT2D eigenvalue weighted by Crippen LogP contribution is 2.36. The highest BCUT2D eigenvalue weighted by atomic mass is 79.9. The van der Waals surface area contributed by atoms with E-state index in [4.69, 9.17) is 9.72 Å². The minimum atomic E-state index is -0.949. The summed E-state index contributed by atoms with van der Waals surface area (Å²) >= 11 is 3.33. The third kappa shape index (κ3) is 4.28. The molecule has 146 valence electrons. The summed E-state index contributed by atoms with van der Waals surface area (Å²) in [4.78, 5) is 16.0. The lowest BCUT2D eigenvalue weighted by atomic mass is 9.81. The van der Waals surface area contributed by atoms with Crippen LogP contribution >= 0.6 is 15.9 Å². The van der Waals surface area contributed by atoms with Crippen LogP contribution in [-0.2, 0) is 11.3 Å². The van der Waals surface area contributed by atoms with Crippen molar-refractivity contribution < 1.29 is 14.6 Å². The predicted octanol–water partition coefficient (Wildman–Crippen LogP) is 5.29. The maximum Gasteiger partial charge on any atom is 0.337 e. The van der Waals surface area contributed by atoms with E-state index < -0.39 is 5.97 Å². The van der Waals surface area contributed by atoms with Crippen LogP contribution < -0.4 is 0 Å². The first kappa shape index (κ1) is 19.2. The van der Waals surface area contributed by atoms with E-state index in [-0.39, 0.29) is 5.56 Å². The number of benzene rings is 1. The Kier molecular flexibility index (Phi) is 5.78. The number of rotatable bonds is 6. The molecule has 1 aliphatic rings. The minimum absolute atomic E-state index is 0.240. The average Bonchev–Trinajstić information content (AvgIpc) is 3.11. The number of pyridine rings is 1. The highest BCUT2D eigenvalue weighted by molar-refractivity contribution is 9.10. The molecule has 1 aromatic carbocycles. The molecule has 0 spiro atoms. The second kappa shape index (κ2) is 8.45. The van der Waals surface area contributed by atoms with Crippen molar-refractivity contribution in [2.75, 3.05) is 6.61 Å². The van der Waals surface area contributed by atoms with Gasteiger partial charge in [-0.25, -0.2) is 9.78 Å². The largest absolute Gasteiger partial charge is 0.478 e. The van der Waals surface area contributed by atoms with E-state index in [2.05, 4.69) is 28.1 Å². The molecule has 4 rings (SSSR count). The summed E-state index contributed by atoms with van der Waals surface area (Å²) in [5.41, 5.74) is 3.19. The van der Waals surface area contributed by atoms with Gasteiger partial charge in [0.05, 0.1) is 17.9 Å². The Labute approximate surface area is 172 Å². The van der Waals surface area contributed by atoms with Crippen LogP contribution in [0, 0.1) is 5.92 Å². The monoisotopic (exact) mass is 442 g/mol. The molecule has 2 aromatic heterocycles. The van der Waals surface area contributed by atoms with E-state index in [9.17, 15) is 9.90 Å². The van der Waals surface area contributed by atoms with E-state index in [0.29, 0.717) is 28.6 Å². The van der Waals surface area contributed by atoms with Crippen LogP contribution in [0.1, 0.15) is 53.2 Å². The SMILES string of the molecule is O=C(O)c1cc2nc(C3CCC(COCc4ccccc4)CC3)cn2cc1Br. The molecule has 0 atom stereocenters. The first-order valence-electron chi connectivity index (χ1n) is 9.63. The van der Waals surface area contributed by atoms with E-state index in [1.165, 1.54) is 5.56 Å². The van der Waals surface area contributed by atoms with Crippen LogP contribution in [0.4, 0.5) is 0 Å². The second-order valence-corrected chi connectivity index (χ2v) is 8.34. The highest BCUT2D eigenvalue weighted by Gasteiger charge is 2.24. The molecule has 1 fully saturated rings. The molecule has 0 amide bonds. The third-order valence-corrected chi connectivity index (χ3v) is 6.16. The predicted molar refractivity (Wildman–Crippen MR) is 111 cm³/mol. The van der Waals surface area contributed by atoms with Crippen LogP contribution in [0.15, 0.2) is 53.3 Å². The molecule has 6 heteroatoms. The Hall–Kier alpha value is -2.18. The number of hydrogen-bond acceptors (Lipinski definition) is 3. The number of fused-ring (bicyclic) bond motifs is 1. The fourth-order valence-corrected chi connectivity index (χ4v) is 4.44. The quantitative estimate of drug-likeness (QED) is 0.563. The summed E-state index contributed by atoms with van der Waals surface area (Å²) in [6, 6.07) is 11.9. The number of carbonyl (C=O) groups is 1. The number of hydrogen-bond donors (Lipinski definition) is 1.